The Labute approximate surface area is 111 Å². The van der Waals surface area contributed by atoms with Gasteiger partial charge in [-0.15, -0.1) is 0 Å². The van der Waals surface area contributed by atoms with Crippen molar-refractivity contribution in [3.8, 4) is 0 Å². The summed E-state index contributed by atoms with van der Waals surface area (Å²) in [7, 11) is 0. The maximum absolute atomic E-state index is 6.03. The number of aromatic nitrogens is 4. The quantitative estimate of drug-likeness (QED) is 0.923. The summed E-state index contributed by atoms with van der Waals surface area (Å²) in [6, 6.07) is 0. The molecule has 1 N–H and O–H groups in total. The summed E-state index contributed by atoms with van der Waals surface area (Å²) in [6.07, 6.45) is 3.64. The average molecular weight is 266 g/mol. The summed E-state index contributed by atoms with van der Waals surface area (Å²) in [5.41, 5.74) is 2.16. The van der Waals surface area contributed by atoms with Crippen molar-refractivity contribution in [3.63, 3.8) is 0 Å². The van der Waals surface area contributed by atoms with E-state index in [4.69, 9.17) is 11.6 Å². The van der Waals surface area contributed by atoms with Crippen LogP contribution < -0.4 is 5.32 Å². The van der Waals surface area contributed by atoms with Crippen LogP contribution in [-0.4, -0.2) is 19.7 Å². The Kier molecular flexibility index (Phi) is 3.81. The zero-order chi connectivity index (χ0) is 13.1. The Morgan fingerprint density at radius 2 is 2.17 bits per heavy atom. The molecule has 0 saturated heterocycles. The molecule has 0 aliphatic rings. The lowest BCUT2D eigenvalue weighted by molar-refractivity contribution is 0.653. The molecule has 5 nitrogen and oxygen atoms in total. The molecule has 2 aromatic heterocycles. The third kappa shape index (κ3) is 2.79. The molecular formula is C12H16ClN5. The molecule has 2 rings (SSSR count). The van der Waals surface area contributed by atoms with E-state index in [2.05, 4.69) is 27.3 Å². The molecule has 0 radical (unpaired) electrons. The zero-order valence-electron chi connectivity index (χ0n) is 10.7. The van der Waals surface area contributed by atoms with Gasteiger partial charge in [-0.3, -0.25) is 4.68 Å². The Balaban J connectivity index is 2.11. The molecule has 6 heteroatoms. The van der Waals surface area contributed by atoms with Crippen LogP contribution in [0.2, 0.25) is 5.02 Å². The number of hydrogen-bond donors (Lipinski definition) is 1. The normalized spacial score (nSPS) is 10.7. The molecule has 0 atom stereocenters. The number of aryl methyl sites for hydroxylation is 3. The van der Waals surface area contributed by atoms with Gasteiger partial charge in [0.15, 0.2) is 0 Å². The van der Waals surface area contributed by atoms with Crippen LogP contribution in [0.1, 0.15) is 24.0 Å². The molecular weight excluding hydrogens is 250 g/mol. The van der Waals surface area contributed by atoms with E-state index < -0.39 is 0 Å². The van der Waals surface area contributed by atoms with E-state index in [9.17, 15) is 0 Å². The highest BCUT2D eigenvalue weighted by atomic mass is 35.5. The van der Waals surface area contributed by atoms with Crippen molar-refractivity contribution in [2.45, 2.75) is 33.9 Å². The van der Waals surface area contributed by atoms with Gasteiger partial charge in [-0.05, 0) is 20.8 Å². The van der Waals surface area contributed by atoms with Crippen molar-refractivity contribution in [1.29, 1.82) is 0 Å². The Bertz CT molecular complexity index is 549. The number of nitrogens with one attached hydrogen (secondary N) is 1. The minimum Gasteiger partial charge on any atom is -0.365 e. The minimum atomic E-state index is 0.529. The highest BCUT2D eigenvalue weighted by Crippen LogP contribution is 2.18. The highest BCUT2D eigenvalue weighted by Gasteiger charge is 2.06. The SMILES string of the molecule is CCn1cc(CNc2nc(C)ncc2Cl)c(C)n1. The van der Waals surface area contributed by atoms with Crippen LogP contribution in [0.4, 0.5) is 5.82 Å². The zero-order valence-corrected chi connectivity index (χ0v) is 11.5. The summed E-state index contributed by atoms with van der Waals surface area (Å²) in [5.74, 6) is 1.36. The molecule has 0 aromatic carbocycles. The first-order chi connectivity index (χ1) is 8.60. The summed E-state index contributed by atoms with van der Waals surface area (Å²) in [5, 5.41) is 8.13. The molecule has 2 heterocycles. The molecule has 0 unspecified atom stereocenters. The predicted molar refractivity (Wildman–Crippen MR) is 71.7 cm³/mol. The minimum absolute atomic E-state index is 0.529. The summed E-state index contributed by atoms with van der Waals surface area (Å²) < 4.78 is 1.92. The molecule has 0 aliphatic heterocycles. The van der Waals surface area contributed by atoms with Gasteiger partial charge < -0.3 is 5.32 Å². The third-order valence-electron chi connectivity index (χ3n) is 2.68. The summed E-state index contributed by atoms with van der Waals surface area (Å²) in [4.78, 5) is 8.29. The van der Waals surface area contributed by atoms with E-state index in [0.717, 1.165) is 17.8 Å². The lowest BCUT2D eigenvalue weighted by atomic mass is 10.2. The second-order valence-corrected chi connectivity index (χ2v) is 4.47. The van der Waals surface area contributed by atoms with Crippen molar-refractivity contribution in [2.75, 3.05) is 5.32 Å². The predicted octanol–water partition coefficient (Wildman–Crippen LogP) is 2.58. The summed E-state index contributed by atoms with van der Waals surface area (Å²) >= 11 is 6.03. The molecule has 0 amide bonds. The largest absolute Gasteiger partial charge is 0.365 e. The van der Waals surface area contributed by atoms with Crippen LogP contribution in [0.15, 0.2) is 12.4 Å². The lowest BCUT2D eigenvalue weighted by Gasteiger charge is -2.06. The van der Waals surface area contributed by atoms with Gasteiger partial charge in [0.1, 0.15) is 16.7 Å². The standard InChI is InChI=1S/C12H16ClN5/c1-4-18-7-10(8(2)17-18)5-15-12-11(13)6-14-9(3)16-12/h6-7H,4-5H2,1-3H3,(H,14,15,16). The van der Waals surface area contributed by atoms with Crippen molar-refractivity contribution >= 4 is 17.4 Å². The van der Waals surface area contributed by atoms with E-state index in [0.29, 0.717) is 23.2 Å². The second-order valence-electron chi connectivity index (χ2n) is 4.06. The van der Waals surface area contributed by atoms with E-state index in [1.54, 1.807) is 6.20 Å². The molecule has 0 spiro atoms. The number of halogens is 1. The monoisotopic (exact) mass is 265 g/mol. The number of hydrogen-bond acceptors (Lipinski definition) is 4. The second kappa shape index (κ2) is 5.35. The van der Waals surface area contributed by atoms with Gasteiger partial charge in [-0.25, -0.2) is 9.97 Å². The van der Waals surface area contributed by atoms with E-state index >= 15 is 0 Å². The molecule has 0 aliphatic carbocycles. The first kappa shape index (κ1) is 12.8. The average Bonchev–Trinajstić information content (AvgIpc) is 2.71. The van der Waals surface area contributed by atoms with Crippen LogP contribution in [0, 0.1) is 13.8 Å². The van der Waals surface area contributed by atoms with Crippen molar-refractivity contribution in [2.24, 2.45) is 0 Å². The summed E-state index contributed by atoms with van der Waals surface area (Å²) in [6.45, 7) is 7.42. The van der Waals surface area contributed by atoms with E-state index in [-0.39, 0.29) is 0 Å². The van der Waals surface area contributed by atoms with Crippen LogP contribution in [0.5, 0.6) is 0 Å². The van der Waals surface area contributed by atoms with Gasteiger partial charge in [-0.1, -0.05) is 11.6 Å². The molecule has 2 aromatic rings. The van der Waals surface area contributed by atoms with E-state index in [1.807, 2.05) is 24.7 Å². The van der Waals surface area contributed by atoms with Gasteiger partial charge in [-0.2, -0.15) is 5.10 Å². The number of anilines is 1. The van der Waals surface area contributed by atoms with Gasteiger partial charge in [0.2, 0.25) is 0 Å². The Morgan fingerprint density at radius 1 is 1.39 bits per heavy atom. The maximum Gasteiger partial charge on any atom is 0.148 e. The van der Waals surface area contributed by atoms with Gasteiger partial charge >= 0.3 is 0 Å². The Hall–Kier alpha value is -1.62. The topological polar surface area (TPSA) is 55.6 Å². The first-order valence-electron chi connectivity index (χ1n) is 5.86. The molecule has 18 heavy (non-hydrogen) atoms. The van der Waals surface area contributed by atoms with Crippen LogP contribution in [0.3, 0.4) is 0 Å². The van der Waals surface area contributed by atoms with Crippen molar-refractivity contribution < 1.29 is 0 Å². The van der Waals surface area contributed by atoms with Crippen molar-refractivity contribution in [1.82, 2.24) is 19.7 Å². The Morgan fingerprint density at radius 3 is 2.83 bits per heavy atom. The van der Waals surface area contributed by atoms with Crippen LogP contribution in [0.25, 0.3) is 0 Å². The third-order valence-corrected chi connectivity index (χ3v) is 2.96. The number of nitrogens with zero attached hydrogens (tertiary/aromatic N) is 4. The highest BCUT2D eigenvalue weighted by molar-refractivity contribution is 6.32. The molecule has 0 fully saturated rings. The van der Waals surface area contributed by atoms with Crippen LogP contribution >= 0.6 is 11.6 Å². The lowest BCUT2D eigenvalue weighted by Crippen LogP contribution is -2.04. The van der Waals surface area contributed by atoms with Crippen LogP contribution in [-0.2, 0) is 13.1 Å². The van der Waals surface area contributed by atoms with Crippen molar-refractivity contribution in [3.05, 3.63) is 34.5 Å². The van der Waals surface area contributed by atoms with Gasteiger partial charge in [0.05, 0.1) is 11.9 Å². The smallest absolute Gasteiger partial charge is 0.148 e. The fraction of sp³-hybridized carbons (Fsp3) is 0.417. The molecule has 0 saturated carbocycles. The first-order valence-corrected chi connectivity index (χ1v) is 6.24. The molecule has 0 bridgehead atoms. The van der Waals surface area contributed by atoms with Gasteiger partial charge in [0, 0.05) is 24.8 Å². The maximum atomic E-state index is 6.03. The van der Waals surface area contributed by atoms with E-state index in [1.165, 1.54) is 0 Å². The molecule has 96 valence electrons. The fourth-order valence-corrected chi connectivity index (χ4v) is 1.81. The number of rotatable bonds is 4. The fourth-order valence-electron chi connectivity index (χ4n) is 1.65. The van der Waals surface area contributed by atoms with Gasteiger partial charge in [0.25, 0.3) is 0 Å².